The lowest BCUT2D eigenvalue weighted by atomic mass is 10.4. The van der Waals surface area contributed by atoms with Crippen LogP contribution in [0.5, 0.6) is 0 Å². The molecule has 0 aliphatic rings. The first-order valence-corrected chi connectivity index (χ1v) is 4.64. The number of unbranched alkanes of at least 4 members (excludes halogenated alkanes) is 1. The Bertz CT molecular complexity index is 320. The van der Waals surface area contributed by atoms with Gasteiger partial charge in [0.2, 0.25) is 0 Å². The number of nitrogens with zero attached hydrogens (tertiary/aromatic N) is 2. The summed E-state index contributed by atoms with van der Waals surface area (Å²) in [6, 6.07) is 1.63. The molecule has 1 aromatic rings. The van der Waals surface area contributed by atoms with Crippen molar-refractivity contribution in [3.05, 3.63) is 11.8 Å². The number of aryl methyl sites for hydroxylation is 1. The maximum atomic E-state index is 11.4. The Hall–Kier alpha value is -1.52. The highest BCUT2D eigenvalue weighted by atomic mass is 16.6. The largest absolute Gasteiger partial charge is 0.448 e. The number of nitrogens with two attached hydrogens (primary N) is 1. The van der Waals surface area contributed by atoms with Crippen molar-refractivity contribution in [1.82, 2.24) is 9.78 Å². The molecule has 0 bridgehead atoms. The zero-order valence-corrected chi connectivity index (χ0v) is 8.49. The molecule has 2 N–H and O–H groups in total. The Kier molecular flexibility index (Phi) is 3.50. The molecule has 0 aliphatic carbocycles. The normalized spacial score (nSPS) is 10.1. The first-order chi connectivity index (χ1) is 6.65. The second kappa shape index (κ2) is 4.64. The van der Waals surface area contributed by atoms with Gasteiger partial charge in [-0.1, -0.05) is 13.3 Å². The van der Waals surface area contributed by atoms with E-state index in [0.29, 0.717) is 18.1 Å². The van der Waals surface area contributed by atoms with Crippen LogP contribution in [0, 0.1) is 6.92 Å². The second-order valence-corrected chi connectivity index (χ2v) is 3.09. The van der Waals surface area contributed by atoms with Crippen LogP contribution in [0.25, 0.3) is 0 Å². The lowest BCUT2D eigenvalue weighted by molar-refractivity contribution is 0.142. The van der Waals surface area contributed by atoms with Crippen molar-refractivity contribution in [2.45, 2.75) is 26.7 Å². The van der Waals surface area contributed by atoms with Gasteiger partial charge in [-0.15, -0.1) is 5.10 Å². The van der Waals surface area contributed by atoms with Gasteiger partial charge in [0.25, 0.3) is 0 Å². The van der Waals surface area contributed by atoms with E-state index in [1.165, 1.54) is 4.68 Å². The van der Waals surface area contributed by atoms with Gasteiger partial charge < -0.3 is 10.5 Å². The van der Waals surface area contributed by atoms with Crippen molar-refractivity contribution in [2.24, 2.45) is 0 Å². The van der Waals surface area contributed by atoms with Crippen LogP contribution >= 0.6 is 0 Å². The van der Waals surface area contributed by atoms with Gasteiger partial charge in [-0.05, 0) is 13.3 Å². The van der Waals surface area contributed by atoms with E-state index in [1.807, 2.05) is 6.92 Å². The number of carbonyl (C=O) groups is 1. The van der Waals surface area contributed by atoms with Crippen molar-refractivity contribution in [2.75, 3.05) is 12.3 Å². The number of hydrogen-bond acceptors (Lipinski definition) is 4. The predicted molar refractivity (Wildman–Crippen MR) is 53.0 cm³/mol. The molecule has 5 nitrogen and oxygen atoms in total. The molecule has 14 heavy (non-hydrogen) atoms. The van der Waals surface area contributed by atoms with Crippen LogP contribution in [0.15, 0.2) is 6.07 Å². The lowest BCUT2D eigenvalue weighted by Gasteiger charge is -2.03. The van der Waals surface area contributed by atoms with Gasteiger partial charge in [0, 0.05) is 11.8 Å². The summed E-state index contributed by atoms with van der Waals surface area (Å²) in [6.07, 6.45) is 1.39. The molecule has 0 saturated heterocycles. The van der Waals surface area contributed by atoms with Gasteiger partial charge in [-0.3, -0.25) is 0 Å². The molecule has 0 radical (unpaired) electrons. The third-order valence-corrected chi connectivity index (χ3v) is 1.80. The van der Waals surface area contributed by atoms with E-state index in [4.69, 9.17) is 10.5 Å². The SMILES string of the molecule is CCCCOC(=O)n1nc(N)cc1C. The Morgan fingerprint density at radius 3 is 2.93 bits per heavy atom. The van der Waals surface area contributed by atoms with Gasteiger partial charge in [0.1, 0.15) is 5.82 Å². The number of carbonyl (C=O) groups excluding carboxylic acids is 1. The molecule has 0 fully saturated rings. The third-order valence-electron chi connectivity index (χ3n) is 1.80. The van der Waals surface area contributed by atoms with Gasteiger partial charge in [-0.2, -0.15) is 4.68 Å². The van der Waals surface area contributed by atoms with Gasteiger partial charge >= 0.3 is 6.09 Å². The molecule has 0 saturated carbocycles. The van der Waals surface area contributed by atoms with Gasteiger partial charge in [-0.25, -0.2) is 4.79 Å². The molecule has 1 rings (SSSR count). The molecule has 0 aromatic carbocycles. The summed E-state index contributed by atoms with van der Waals surface area (Å²) < 4.78 is 6.14. The monoisotopic (exact) mass is 197 g/mol. The van der Waals surface area contributed by atoms with Crippen molar-refractivity contribution in [3.8, 4) is 0 Å². The van der Waals surface area contributed by atoms with E-state index in [1.54, 1.807) is 13.0 Å². The van der Waals surface area contributed by atoms with E-state index >= 15 is 0 Å². The second-order valence-electron chi connectivity index (χ2n) is 3.09. The molecular weight excluding hydrogens is 182 g/mol. The molecular formula is C9H15N3O2. The predicted octanol–water partition coefficient (Wildman–Crippen LogP) is 1.56. The number of ether oxygens (including phenoxy) is 1. The van der Waals surface area contributed by atoms with E-state index in [9.17, 15) is 4.79 Å². The highest BCUT2D eigenvalue weighted by molar-refractivity contribution is 5.70. The van der Waals surface area contributed by atoms with E-state index in [0.717, 1.165) is 12.8 Å². The van der Waals surface area contributed by atoms with Crippen molar-refractivity contribution in [3.63, 3.8) is 0 Å². The average molecular weight is 197 g/mol. The lowest BCUT2D eigenvalue weighted by Crippen LogP contribution is -2.17. The van der Waals surface area contributed by atoms with Crippen LogP contribution in [-0.2, 0) is 4.74 Å². The number of aromatic nitrogens is 2. The maximum absolute atomic E-state index is 11.4. The topological polar surface area (TPSA) is 70.1 Å². The smallest absolute Gasteiger partial charge is 0.434 e. The fourth-order valence-corrected chi connectivity index (χ4v) is 1.05. The molecule has 0 aliphatic heterocycles. The maximum Gasteiger partial charge on any atom is 0.434 e. The number of rotatable bonds is 3. The van der Waals surface area contributed by atoms with Crippen LogP contribution in [-0.4, -0.2) is 22.5 Å². The zero-order valence-electron chi connectivity index (χ0n) is 8.49. The van der Waals surface area contributed by atoms with Crippen LogP contribution in [0.4, 0.5) is 10.6 Å². The first-order valence-electron chi connectivity index (χ1n) is 4.64. The minimum Gasteiger partial charge on any atom is -0.448 e. The Morgan fingerprint density at radius 1 is 1.71 bits per heavy atom. The summed E-state index contributed by atoms with van der Waals surface area (Å²) in [5.41, 5.74) is 6.12. The van der Waals surface area contributed by atoms with Crippen molar-refractivity contribution in [1.29, 1.82) is 0 Å². The van der Waals surface area contributed by atoms with Crippen molar-refractivity contribution >= 4 is 11.9 Å². The van der Waals surface area contributed by atoms with Crippen LogP contribution in [0.3, 0.4) is 0 Å². The molecule has 1 aromatic heterocycles. The van der Waals surface area contributed by atoms with E-state index < -0.39 is 6.09 Å². The molecule has 0 atom stereocenters. The fraction of sp³-hybridized carbons (Fsp3) is 0.556. The van der Waals surface area contributed by atoms with E-state index in [-0.39, 0.29) is 0 Å². The van der Waals surface area contributed by atoms with Crippen LogP contribution in [0.1, 0.15) is 25.5 Å². The van der Waals surface area contributed by atoms with Crippen LogP contribution in [0.2, 0.25) is 0 Å². The minimum atomic E-state index is -0.465. The summed E-state index contributed by atoms with van der Waals surface area (Å²) in [6.45, 7) is 4.21. The molecule has 1 heterocycles. The molecule has 0 amide bonds. The van der Waals surface area contributed by atoms with Gasteiger partial charge in [0.05, 0.1) is 6.61 Å². The third kappa shape index (κ3) is 2.48. The summed E-state index contributed by atoms with van der Waals surface area (Å²) in [4.78, 5) is 11.4. The Labute approximate surface area is 82.8 Å². The number of nitrogen functional groups attached to an aromatic ring is 1. The van der Waals surface area contributed by atoms with Crippen LogP contribution < -0.4 is 5.73 Å². The standard InChI is InChI=1S/C9H15N3O2/c1-3-4-5-14-9(13)12-7(2)6-8(10)11-12/h6H,3-5H2,1-2H3,(H2,10,11). The summed E-state index contributed by atoms with van der Waals surface area (Å²) in [5, 5.41) is 3.81. The molecule has 78 valence electrons. The minimum absolute atomic E-state index is 0.329. The summed E-state index contributed by atoms with van der Waals surface area (Å²) >= 11 is 0. The van der Waals surface area contributed by atoms with Gasteiger partial charge in [0.15, 0.2) is 0 Å². The number of anilines is 1. The summed E-state index contributed by atoms with van der Waals surface area (Å²) in [5.74, 6) is 0.329. The number of hydrogen-bond donors (Lipinski definition) is 1. The Morgan fingerprint density at radius 2 is 2.43 bits per heavy atom. The average Bonchev–Trinajstić information content (AvgIpc) is 2.45. The zero-order chi connectivity index (χ0) is 10.6. The fourth-order valence-electron chi connectivity index (χ4n) is 1.05. The molecule has 0 spiro atoms. The quantitative estimate of drug-likeness (QED) is 0.746. The molecule has 0 unspecified atom stereocenters. The first kappa shape index (κ1) is 10.6. The highest BCUT2D eigenvalue weighted by Crippen LogP contribution is 2.04. The van der Waals surface area contributed by atoms with Crippen molar-refractivity contribution < 1.29 is 9.53 Å². The Balaban J connectivity index is 2.56. The highest BCUT2D eigenvalue weighted by Gasteiger charge is 2.10. The van der Waals surface area contributed by atoms with E-state index in [2.05, 4.69) is 5.10 Å². The molecule has 5 heteroatoms. The summed E-state index contributed by atoms with van der Waals surface area (Å²) in [7, 11) is 0.